The van der Waals surface area contributed by atoms with Crippen molar-refractivity contribution in [2.45, 2.75) is 18.5 Å². The van der Waals surface area contributed by atoms with E-state index in [1.165, 1.54) is 0 Å². The summed E-state index contributed by atoms with van der Waals surface area (Å²) in [4.78, 5) is 11.4. The highest BCUT2D eigenvalue weighted by Gasteiger charge is 2.36. The van der Waals surface area contributed by atoms with E-state index in [4.69, 9.17) is 0 Å². The molecule has 0 unspecified atom stereocenters. The number of carbonyl (C=O) groups is 1. The van der Waals surface area contributed by atoms with E-state index in [1.54, 1.807) is 0 Å². The van der Waals surface area contributed by atoms with Crippen molar-refractivity contribution in [3.8, 4) is 0 Å². The fraction of sp³-hybridized carbons (Fsp3) is 0.136. The van der Waals surface area contributed by atoms with Crippen LogP contribution in [0.5, 0.6) is 0 Å². The van der Waals surface area contributed by atoms with Gasteiger partial charge in [-0.15, -0.1) is 0 Å². The van der Waals surface area contributed by atoms with Gasteiger partial charge in [-0.2, -0.15) is 0 Å². The Morgan fingerprint density at radius 1 is 0.708 bits per heavy atom. The molecular formula is C22H21NO. The molecule has 120 valence electrons. The molecule has 0 spiro atoms. The summed E-state index contributed by atoms with van der Waals surface area (Å²) in [5.41, 5.74) is 2.74. The Morgan fingerprint density at radius 2 is 1.04 bits per heavy atom. The zero-order chi connectivity index (χ0) is 16.8. The van der Waals surface area contributed by atoms with Gasteiger partial charge < -0.3 is 4.79 Å². The lowest BCUT2D eigenvalue weighted by atomic mass is 9.76. The Morgan fingerprint density at radius 3 is 1.33 bits per heavy atom. The fourth-order valence-corrected chi connectivity index (χ4v) is 3.19. The lowest BCUT2D eigenvalue weighted by Crippen LogP contribution is -2.49. The van der Waals surface area contributed by atoms with E-state index in [0.29, 0.717) is 0 Å². The topological polar surface area (TPSA) is 29.1 Å². The van der Waals surface area contributed by atoms with Crippen LogP contribution >= 0.6 is 0 Å². The SMILES string of the molecule is C[C@@H](C=O)NC(c1ccccc1)(c1ccccc1)c1ccccc1. The predicted octanol–water partition coefficient (Wildman–Crippen LogP) is 4.16. The van der Waals surface area contributed by atoms with Crippen LogP contribution in [0.1, 0.15) is 23.6 Å². The van der Waals surface area contributed by atoms with Crippen molar-refractivity contribution in [3.63, 3.8) is 0 Å². The first-order valence-corrected chi connectivity index (χ1v) is 8.17. The van der Waals surface area contributed by atoms with E-state index in [9.17, 15) is 4.79 Å². The van der Waals surface area contributed by atoms with Crippen molar-refractivity contribution in [1.82, 2.24) is 5.32 Å². The summed E-state index contributed by atoms with van der Waals surface area (Å²) in [6, 6.07) is 30.5. The van der Waals surface area contributed by atoms with Gasteiger partial charge in [-0.05, 0) is 23.6 Å². The van der Waals surface area contributed by atoms with E-state index in [0.717, 1.165) is 23.0 Å². The van der Waals surface area contributed by atoms with Gasteiger partial charge in [0.2, 0.25) is 0 Å². The van der Waals surface area contributed by atoms with Crippen LogP contribution in [0.4, 0.5) is 0 Å². The molecule has 0 radical (unpaired) electrons. The molecule has 0 aliphatic carbocycles. The summed E-state index contributed by atoms with van der Waals surface area (Å²) < 4.78 is 0. The molecule has 0 heterocycles. The maximum Gasteiger partial charge on any atom is 0.136 e. The largest absolute Gasteiger partial charge is 0.302 e. The second-order valence-corrected chi connectivity index (χ2v) is 5.92. The monoisotopic (exact) mass is 315 g/mol. The first-order valence-electron chi connectivity index (χ1n) is 8.17. The fourth-order valence-electron chi connectivity index (χ4n) is 3.19. The van der Waals surface area contributed by atoms with Gasteiger partial charge in [0.25, 0.3) is 0 Å². The Hall–Kier alpha value is -2.71. The highest BCUT2D eigenvalue weighted by molar-refractivity contribution is 5.59. The van der Waals surface area contributed by atoms with Crippen molar-refractivity contribution in [1.29, 1.82) is 0 Å². The molecule has 3 aromatic carbocycles. The number of nitrogens with one attached hydrogen (secondary N) is 1. The number of hydrogen-bond donors (Lipinski definition) is 1. The molecule has 0 saturated heterocycles. The minimum Gasteiger partial charge on any atom is -0.302 e. The number of aldehydes is 1. The van der Waals surface area contributed by atoms with Gasteiger partial charge in [0.05, 0.1) is 11.6 Å². The molecule has 0 fully saturated rings. The molecular weight excluding hydrogens is 294 g/mol. The second-order valence-electron chi connectivity index (χ2n) is 5.92. The molecule has 0 aliphatic heterocycles. The van der Waals surface area contributed by atoms with E-state index in [1.807, 2.05) is 61.5 Å². The van der Waals surface area contributed by atoms with Crippen LogP contribution in [0.25, 0.3) is 0 Å². The van der Waals surface area contributed by atoms with Crippen molar-refractivity contribution in [2.24, 2.45) is 0 Å². The highest BCUT2D eigenvalue weighted by atomic mass is 16.1. The first-order chi connectivity index (χ1) is 11.8. The Labute approximate surface area is 143 Å². The van der Waals surface area contributed by atoms with Gasteiger partial charge in [0.1, 0.15) is 6.29 Å². The maximum absolute atomic E-state index is 11.4. The molecule has 2 nitrogen and oxygen atoms in total. The van der Waals surface area contributed by atoms with Gasteiger partial charge in [-0.1, -0.05) is 91.0 Å². The highest BCUT2D eigenvalue weighted by Crippen LogP contribution is 2.36. The van der Waals surface area contributed by atoms with Gasteiger partial charge in [-0.3, -0.25) is 5.32 Å². The molecule has 0 aromatic heterocycles. The van der Waals surface area contributed by atoms with Crippen molar-refractivity contribution in [3.05, 3.63) is 108 Å². The van der Waals surface area contributed by atoms with Crippen LogP contribution in [-0.4, -0.2) is 12.3 Å². The Bertz CT molecular complexity index is 672. The lowest BCUT2D eigenvalue weighted by molar-refractivity contribution is -0.109. The molecule has 1 N–H and O–H groups in total. The van der Waals surface area contributed by atoms with Crippen LogP contribution in [0.2, 0.25) is 0 Å². The van der Waals surface area contributed by atoms with Gasteiger partial charge >= 0.3 is 0 Å². The minimum atomic E-state index is -0.579. The molecule has 2 heteroatoms. The quantitative estimate of drug-likeness (QED) is 0.547. The number of rotatable bonds is 6. The molecule has 3 rings (SSSR count). The van der Waals surface area contributed by atoms with Crippen LogP contribution in [0.15, 0.2) is 91.0 Å². The first kappa shape index (κ1) is 16.2. The Kier molecular flexibility index (Phi) is 4.88. The summed E-state index contributed by atoms with van der Waals surface area (Å²) in [5.74, 6) is 0. The summed E-state index contributed by atoms with van der Waals surface area (Å²) in [5, 5.41) is 3.56. The van der Waals surface area contributed by atoms with Gasteiger partial charge in [-0.25, -0.2) is 0 Å². The molecule has 0 aliphatic rings. The summed E-state index contributed by atoms with van der Waals surface area (Å²) in [6.07, 6.45) is 0.948. The van der Waals surface area contributed by atoms with Crippen molar-refractivity contribution < 1.29 is 4.79 Å². The second kappa shape index (κ2) is 7.24. The molecule has 24 heavy (non-hydrogen) atoms. The third-order valence-electron chi connectivity index (χ3n) is 4.27. The zero-order valence-electron chi connectivity index (χ0n) is 13.7. The average Bonchev–Trinajstić information content (AvgIpc) is 2.68. The zero-order valence-corrected chi connectivity index (χ0v) is 13.7. The van der Waals surface area contributed by atoms with E-state index in [2.05, 4.69) is 41.7 Å². The molecule has 0 amide bonds. The van der Waals surface area contributed by atoms with E-state index >= 15 is 0 Å². The minimum absolute atomic E-state index is 0.286. The average molecular weight is 315 g/mol. The smallest absolute Gasteiger partial charge is 0.136 e. The summed E-state index contributed by atoms with van der Waals surface area (Å²) in [7, 11) is 0. The standard InChI is InChI=1S/C22H21NO/c1-18(17-24)23-22(19-11-5-2-6-12-19,20-13-7-3-8-14-20)21-15-9-4-10-16-21/h2-18,23H,1H3/t18-/m0/s1. The number of benzene rings is 3. The molecule has 1 atom stereocenters. The molecule has 0 saturated carbocycles. The summed E-state index contributed by atoms with van der Waals surface area (Å²) >= 11 is 0. The van der Waals surface area contributed by atoms with Crippen LogP contribution in [0, 0.1) is 0 Å². The predicted molar refractivity (Wildman–Crippen MR) is 97.9 cm³/mol. The van der Waals surface area contributed by atoms with Gasteiger partial charge in [0, 0.05) is 0 Å². The van der Waals surface area contributed by atoms with Crippen LogP contribution < -0.4 is 5.32 Å². The number of hydrogen-bond acceptors (Lipinski definition) is 2. The molecule has 0 bridgehead atoms. The molecule has 3 aromatic rings. The van der Waals surface area contributed by atoms with Crippen LogP contribution in [0.3, 0.4) is 0 Å². The lowest BCUT2D eigenvalue weighted by Gasteiger charge is -2.38. The maximum atomic E-state index is 11.4. The van der Waals surface area contributed by atoms with Crippen LogP contribution in [-0.2, 0) is 10.3 Å². The third kappa shape index (κ3) is 3.01. The Balaban J connectivity index is 2.30. The third-order valence-corrected chi connectivity index (χ3v) is 4.27. The van der Waals surface area contributed by atoms with E-state index < -0.39 is 5.54 Å². The number of carbonyl (C=O) groups excluding carboxylic acids is 1. The van der Waals surface area contributed by atoms with Crippen molar-refractivity contribution >= 4 is 6.29 Å². The normalized spacial score (nSPS) is 12.5. The van der Waals surface area contributed by atoms with Crippen molar-refractivity contribution in [2.75, 3.05) is 0 Å². The van der Waals surface area contributed by atoms with E-state index in [-0.39, 0.29) is 6.04 Å². The van der Waals surface area contributed by atoms with Gasteiger partial charge in [0.15, 0.2) is 0 Å². The summed E-state index contributed by atoms with van der Waals surface area (Å²) in [6.45, 7) is 1.89.